The van der Waals surface area contributed by atoms with Gasteiger partial charge in [-0.15, -0.1) is 0 Å². The highest BCUT2D eigenvalue weighted by molar-refractivity contribution is 8.15. The third kappa shape index (κ3) is 2.59. The van der Waals surface area contributed by atoms with Crippen LogP contribution < -0.4 is 10.6 Å². The van der Waals surface area contributed by atoms with E-state index < -0.39 is 11.2 Å². The van der Waals surface area contributed by atoms with Gasteiger partial charge in [0.2, 0.25) is 0 Å². The van der Waals surface area contributed by atoms with Crippen LogP contribution in [0, 0.1) is 17.8 Å². The van der Waals surface area contributed by atoms with E-state index in [9.17, 15) is 9.59 Å². The molecule has 1 atom stereocenters. The lowest BCUT2D eigenvalue weighted by Gasteiger charge is -2.56. The van der Waals surface area contributed by atoms with Crippen LogP contribution in [0.4, 0.5) is 4.79 Å². The van der Waals surface area contributed by atoms with E-state index in [2.05, 4.69) is 15.6 Å². The van der Waals surface area contributed by atoms with Crippen LogP contribution in [0.3, 0.4) is 0 Å². The Kier molecular flexibility index (Phi) is 3.36. The zero-order chi connectivity index (χ0) is 15.3. The predicted octanol–water partition coefficient (Wildman–Crippen LogP) is 1.81. The van der Waals surface area contributed by atoms with E-state index in [4.69, 9.17) is 5.11 Å². The van der Waals surface area contributed by atoms with E-state index in [-0.39, 0.29) is 18.1 Å². The number of rotatable bonds is 2. The standard InChI is InChI=1S/C15H21N3O3S/c19-12(20)11-7-16-14(22-11)17-13(21)18-15-4-8-1-9(5-15)3-10(2-8)6-15/h8-11H,1-7H2,(H,19,20)(H2,16,17,18,21). The zero-order valence-corrected chi connectivity index (χ0v) is 13.2. The van der Waals surface area contributed by atoms with Gasteiger partial charge in [-0.05, 0) is 56.3 Å². The number of carboxylic acid groups (broad SMARTS) is 1. The summed E-state index contributed by atoms with van der Waals surface area (Å²) < 4.78 is 0. The molecule has 4 saturated carbocycles. The second-order valence-corrected chi connectivity index (χ2v) is 8.56. The molecule has 4 aliphatic carbocycles. The topological polar surface area (TPSA) is 90.8 Å². The molecule has 0 aromatic heterocycles. The van der Waals surface area contributed by atoms with Crippen molar-refractivity contribution in [1.82, 2.24) is 10.6 Å². The van der Waals surface area contributed by atoms with Crippen LogP contribution in [0.1, 0.15) is 38.5 Å². The van der Waals surface area contributed by atoms with Gasteiger partial charge in [0, 0.05) is 5.54 Å². The number of aliphatic imine (C=N–C) groups is 1. The zero-order valence-electron chi connectivity index (χ0n) is 12.4. The van der Waals surface area contributed by atoms with E-state index in [1.54, 1.807) is 0 Å². The Balaban J connectivity index is 1.36. The summed E-state index contributed by atoms with van der Waals surface area (Å²) in [5.74, 6) is 1.45. The number of thioether (sulfide) groups is 1. The Labute approximate surface area is 133 Å². The Bertz CT molecular complexity index is 513. The number of carbonyl (C=O) groups excluding carboxylic acids is 1. The molecule has 120 valence electrons. The number of nitrogens with zero attached hydrogens (tertiary/aromatic N) is 1. The second kappa shape index (κ2) is 5.15. The Hall–Kier alpha value is -1.24. The first-order valence-electron chi connectivity index (χ1n) is 8.04. The molecule has 5 aliphatic rings. The minimum absolute atomic E-state index is 0.0329. The molecule has 7 heteroatoms. The fraction of sp³-hybridized carbons (Fsp3) is 0.800. The quantitative estimate of drug-likeness (QED) is 0.723. The van der Waals surface area contributed by atoms with Gasteiger partial charge in [-0.25, -0.2) is 4.79 Å². The third-order valence-corrected chi connectivity index (χ3v) is 6.66. The van der Waals surface area contributed by atoms with Gasteiger partial charge in [-0.1, -0.05) is 11.8 Å². The van der Waals surface area contributed by atoms with Gasteiger partial charge in [0.25, 0.3) is 0 Å². The minimum atomic E-state index is -0.882. The fourth-order valence-electron chi connectivity index (χ4n) is 5.21. The Morgan fingerprint density at radius 1 is 1.14 bits per heavy atom. The molecule has 0 saturated heterocycles. The highest BCUT2D eigenvalue weighted by Gasteiger charge is 2.51. The highest BCUT2D eigenvalue weighted by atomic mass is 32.2. The van der Waals surface area contributed by atoms with Crippen LogP contribution in [-0.2, 0) is 4.79 Å². The summed E-state index contributed by atoms with van der Waals surface area (Å²) in [6.07, 6.45) is 7.32. The molecular formula is C15H21N3O3S. The summed E-state index contributed by atoms with van der Waals surface area (Å²) in [6.45, 7) is 0.229. The molecular weight excluding hydrogens is 302 g/mol. The first-order valence-corrected chi connectivity index (χ1v) is 8.92. The van der Waals surface area contributed by atoms with Gasteiger partial charge in [-0.3, -0.25) is 15.1 Å². The van der Waals surface area contributed by atoms with Crippen LogP contribution in [0.25, 0.3) is 0 Å². The first-order chi connectivity index (χ1) is 10.5. The van der Waals surface area contributed by atoms with Crippen LogP contribution in [0.2, 0.25) is 0 Å². The van der Waals surface area contributed by atoms with E-state index in [0.29, 0.717) is 5.17 Å². The largest absolute Gasteiger partial charge is 0.480 e. The monoisotopic (exact) mass is 323 g/mol. The molecule has 2 amide bonds. The molecule has 3 N–H and O–H groups in total. The molecule has 1 heterocycles. The van der Waals surface area contributed by atoms with Crippen molar-refractivity contribution in [3.05, 3.63) is 0 Å². The molecule has 4 fully saturated rings. The molecule has 6 nitrogen and oxygen atoms in total. The van der Waals surface area contributed by atoms with Crippen molar-refractivity contribution in [3.63, 3.8) is 0 Å². The maximum Gasteiger partial charge on any atom is 0.321 e. The van der Waals surface area contributed by atoms with Crippen LogP contribution >= 0.6 is 11.8 Å². The van der Waals surface area contributed by atoms with Gasteiger partial charge in [0.15, 0.2) is 5.17 Å². The number of carboxylic acids is 1. The number of hydrogen-bond acceptors (Lipinski definition) is 4. The summed E-state index contributed by atoms with van der Waals surface area (Å²) >= 11 is 1.12. The van der Waals surface area contributed by atoms with E-state index in [0.717, 1.165) is 48.8 Å². The maximum atomic E-state index is 12.3. The van der Waals surface area contributed by atoms with Crippen molar-refractivity contribution in [2.45, 2.75) is 49.3 Å². The van der Waals surface area contributed by atoms with Gasteiger partial charge in [0.05, 0.1) is 6.54 Å². The molecule has 22 heavy (non-hydrogen) atoms. The number of amides is 2. The van der Waals surface area contributed by atoms with Gasteiger partial charge >= 0.3 is 12.0 Å². The lowest BCUT2D eigenvalue weighted by atomic mass is 9.53. The van der Waals surface area contributed by atoms with E-state index >= 15 is 0 Å². The summed E-state index contributed by atoms with van der Waals surface area (Å²) in [5, 5.41) is 14.7. The van der Waals surface area contributed by atoms with E-state index in [1.165, 1.54) is 19.3 Å². The molecule has 1 aliphatic heterocycles. The average molecular weight is 323 g/mol. The molecule has 0 radical (unpaired) electrons. The van der Waals surface area contributed by atoms with Crippen molar-refractivity contribution in [2.24, 2.45) is 22.7 Å². The van der Waals surface area contributed by atoms with Gasteiger partial charge < -0.3 is 10.4 Å². The summed E-state index contributed by atoms with van der Waals surface area (Å²) in [6, 6.07) is -0.223. The summed E-state index contributed by atoms with van der Waals surface area (Å²) in [5.41, 5.74) is -0.0329. The lowest BCUT2D eigenvalue weighted by molar-refractivity contribution is -0.136. The summed E-state index contributed by atoms with van der Waals surface area (Å²) in [4.78, 5) is 27.3. The summed E-state index contributed by atoms with van der Waals surface area (Å²) in [7, 11) is 0. The molecule has 0 spiro atoms. The molecule has 0 aromatic carbocycles. The Morgan fingerprint density at radius 3 is 2.23 bits per heavy atom. The smallest absolute Gasteiger partial charge is 0.321 e. The molecule has 4 bridgehead atoms. The minimum Gasteiger partial charge on any atom is -0.480 e. The van der Waals surface area contributed by atoms with Gasteiger partial charge in [-0.2, -0.15) is 0 Å². The van der Waals surface area contributed by atoms with Crippen molar-refractivity contribution < 1.29 is 14.7 Å². The van der Waals surface area contributed by atoms with E-state index in [1.807, 2.05) is 0 Å². The van der Waals surface area contributed by atoms with Crippen molar-refractivity contribution in [2.75, 3.05) is 6.54 Å². The Morgan fingerprint density at radius 2 is 1.73 bits per heavy atom. The molecule has 1 unspecified atom stereocenters. The predicted molar refractivity (Wildman–Crippen MR) is 83.9 cm³/mol. The number of aliphatic carboxylic acids is 1. The number of urea groups is 1. The highest BCUT2D eigenvalue weighted by Crippen LogP contribution is 2.55. The fourth-order valence-corrected chi connectivity index (χ4v) is 6.03. The normalized spacial score (nSPS) is 42.1. The van der Waals surface area contributed by atoms with Crippen molar-refractivity contribution >= 4 is 28.9 Å². The second-order valence-electron chi connectivity index (χ2n) is 7.37. The van der Waals surface area contributed by atoms with Crippen molar-refractivity contribution in [3.8, 4) is 0 Å². The van der Waals surface area contributed by atoms with Crippen LogP contribution in [0.5, 0.6) is 0 Å². The van der Waals surface area contributed by atoms with Crippen LogP contribution in [0.15, 0.2) is 4.99 Å². The number of amidine groups is 1. The SMILES string of the molecule is O=C(NC1=NCC(C(=O)O)S1)NC12CC3CC(CC(C3)C1)C2. The number of nitrogens with one attached hydrogen (secondary N) is 2. The number of hydrogen-bond donors (Lipinski definition) is 3. The van der Waals surface area contributed by atoms with Crippen LogP contribution in [-0.4, -0.2) is 39.6 Å². The molecule has 0 aromatic rings. The third-order valence-electron chi connectivity index (χ3n) is 5.57. The average Bonchev–Trinajstić information content (AvgIpc) is 2.84. The lowest BCUT2D eigenvalue weighted by Crippen LogP contribution is -2.61. The van der Waals surface area contributed by atoms with Crippen molar-refractivity contribution in [1.29, 1.82) is 0 Å². The molecule has 5 rings (SSSR count). The first kappa shape index (κ1) is 14.4. The van der Waals surface area contributed by atoms with Gasteiger partial charge in [0.1, 0.15) is 5.25 Å². The number of carbonyl (C=O) groups is 2. The maximum absolute atomic E-state index is 12.3.